The molecule has 116 valence electrons. The number of hydrogen-bond donors (Lipinski definition) is 3. The number of carbonyl (C=O) groups is 1. The van der Waals surface area contributed by atoms with Crippen LogP contribution >= 0.6 is 0 Å². The van der Waals surface area contributed by atoms with E-state index in [1.165, 1.54) is 5.56 Å². The van der Waals surface area contributed by atoms with E-state index in [2.05, 4.69) is 23.6 Å². The average molecular weight is 292 g/mol. The Morgan fingerprint density at radius 2 is 1.90 bits per heavy atom. The van der Waals surface area contributed by atoms with Gasteiger partial charge in [0.2, 0.25) is 0 Å². The predicted octanol–water partition coefficient (Wildman–Crippen LogP) is 1.59. The van der Waals surface area contributed by atoms with Crippen LogP contribution in [-0.2, 0) is 17.7 Å². The Kier molecular flexibility index (Phi) is 5.59. The van der Waals surface area contributed by atoms with Crippen LogP contribution in [0.5, 0.6) is 0 Å². The normalized spacial score (nSPS) is 17.2. The summed E-state index contributed by atoms with van der Waals surface area (Å²) in [6, 6.07) is 7.81. The third-order valence-corrected chi connectivity index (χ3v) is 3.94. The van der Waals surface area contributed by atoms with Crippen LogP contribution in [0.25, 0.3) is 0 Å². The van der Waals surface area contributed by atoms with Gasteiger partial charge >= 0.3 is 6.03 Å². The third-order valence-electron chi connectivity index (χ3n) is 3.94. The van der Waals surface area contributed by atoms with E-state index in [0.29, 0.717) is 32.6 Å². The number of hydrogen-bond acceptors (Lipinski definition) is 3. The van der Waals surface area contributed by atoms with Crippen LogP contribution in [-0.4, -0.2) is 36.5 Å². The van der Waals surface area contributed by atoms with E-state index in [4.69, 9.17) is 4.74 Å². The SMILES string of the molecule is CCc1ccccc1CNC(=O)NCC1(O)CCOCC1. The Labute approximate surface area is 125 Å². The van der Waals surface area contributed by atoms with Crippen molar-refractivity contribution in [3.63, 3.8) is 0 Å². The highest BCUT2D eigenvalue weighted by atomic mass is 16.5. The van der Waals surface area contributed by atoms with Gasteiger partial charge in [0, 0.05) is 39.1 Å². The minimum absolute atomic E-state index is 0.249. The van der Waals surface area contributed by atoms with Gasteiger partial charge < -0.3 is 20.5 Å². The number of nitrogens with one attached hydrogen (secondary N) is 2. The van der Waals surface area contributed by atoms with Crippen molar-refractivity contribution in [3.05, 3.63) is 35.4 Å². The highest BCUT2D eigenvalue weighted by molar-refractivity contribution is 5.73. The van der Waals surface area contributed by atoms with Crippen molar-refractivity contribution in [1.29, 1.82) is 0 Å². The summed E-state index contributed by atoms with van der Waals surface area (Å²) in [6.07, 6.45) is 2.07. The van der Waals surface area contributed by atoms with Gasteiger partial charge in [-0.05, 0) is 17.5 Å². The van der Waals surface area contributed by atoms with Gasteiger partial charge in [0.1, 0.15) is 0 Å². The first-order valence-corrected chi connectivity index (χ1v) is 7.51. The highest BCUT2D eigenvalue weighted by Crippen LogP contribution is 2.19. The number of rotatable bonds is 5. The average Bonchev–Trinajstić information content (AvgIpc) is 2.52. The van der Waals surface area contributed by atoms with E-state index in [0.717, 1.165) is 12.0 Å². The van der Waals surface area contributed by atoms with Crippen molar-refractivity contribution in [2.45, 2.75) is 38.3 Å². The van der Waals surface area contributed by atoms with E-state index < -0.39 is 5.60 Å². The molecule has 1 fully saturated rings. The second kappa shape index (κ2) is 7.43. The molecule has 0 unspecified atom stereocenters. The lowest BCUT2D eigenvalue weighted by atomic mass is 9.94. The minimum Gasteiger partial charge on any atom is -0.388 e. The van der Waals surface area contributed by atoms with Crippen LogP contribution < -0.4 is 10.6 Å². The Bertz CT molecular complexity index is 470. The fourth-order valence-corrected chi connectivity index (χ4v) is 2.49. The van der Waals surface area contributed by atoms with Crippen LogP contribution in [0, 0.1) is 0 Å². The second-order valence-corrected chi connectivity index (χ2v) is 5.50. The maximum Gasteiger partial charge on any atom is 0.315 e. The van der Waals surface area contributed by atoms with Crippen LogP contribution in [0.2, 0.25) is 0 Å². The molecular formula is C16H24N2O3. The van der Waals surface area contributed by atoms with Gasteiger partial charge in [-0.1, -0.05) is 31.2 Å². The topological polar surface area (TPSA) is 70.6 Å². The molecule has 0 atom stereocenters. The van der Waals surface area contributed by atoms with Crippen molar-refractivity contribution in [2.24, 2.45) is 0 Å². The summed E-state index contributed by atoms with van der Waals surface area (Å²) in [5, 5.41) is 15.8. The number of ether oxygens (including phenoxy) is 1. The van der Waals surface area contributed by atoms with E-state index >= 15 is 0 Å². The summed E-state index contributed by atoms with van der Waals surface area (Å²) in [5.41, 5.74) is 1.53. The molecule has 21 heavy (non-hydrogen) atoms. The van der Waals surface area contributed by atoms with Gasteiger partial charge in [0.25, 0.3) is 0 Å². The van der Waals surface area contributed by atoms with Gasteiger partial charge in [-0.2, -0.15) is 0 Å². The molecule has 0 spiro atoms. The number of aryl methyl sites for hydroxylation is 1. The van der Waals surface area contributed by atoms with Gasteiger partial charge in [-0.15, -0.1) is 0 Å². The number of aliphatic hydroxyl groups is 1. The first-order chi connectivity index (χ1) is 10.1. The lowest BCUT2D eigenvalue weighted by Gasteiger charge is -2.32. The van der Waals surface area contributed by atoms with Crippen molar-refractivity contribution >= 4 is 6.03 Å². The van der Waals surface area contributed by atoms with E-state index in [1.807, 2.05) is 18.2 Å². The standard InChI is InChI=1S/C16H24N2O3/c1-2-13-5-3-4-6-14(13)11-17-15(19)18-12-16(20)7-9-21-10-8-16/h3-6,20H,2,7-12H2,1H3,(H2,17,18,19). The fourth-order valence-electron chi connectivity index (χ4n) is 2.49. The molecule has 0 saturated carbocycles. The molecule has 0 aliphatic carbocycles. The molecule has 1 heterocycles. The molecule has 0 aromatic heterocycles. The summed E-state index contributed by atoms with van der Waals surface area (Å²) in [7, 11) is 0. The van der Waals surface area contributed by atoms with Crippen LogP contribution in [0.15, 0.2) is 24.3 Å². The summed E-state index contributed by atoms with van der Waals surface area (Å²) in [4.78, 5) is 11.8. The zero-order chi connectivity index (χ0) is 15.1. The van der Waals surface area contributed by atoms with Crippen molar-refractivity contribution < 1.29 is 14.6 Å². The van der Waals surface area contributed by atoms with Gasteiger partial charge in [-0.3, -0.25) is 0 Å². The Hall–Kier alpha value is -1.59. The molecule has 1 aliphatic rings. The van der Waals surface area contributed by atoms with Crippen molar-refractivity contribution in [2.75, 3.05) is 19.8 Å². The molecule has 1 aromatic rings. The molecule has 0 bridgehead atoms. The van der Waals surface area contributed by atoms with E-state index in [-0.39, 0.29) is 12.6 Å². The number of urea groups is 1. The monoisotopic (exact) mass is 292 g/mol. The fraction of sp³-hybridized carbons (Fsp3) is 0.562. The molecular weight excluding hydrogens is 268 g/mol. The van der Waals surface area contributed by atoms with Crippen LogP contribution in [0.1, 0.15) is 30.9 Å². The lowest BCUT2D eigenvalue weighted by molar-refractivity contribution is -0.0600. The Morgan fingerprint density at radius 3 is 2.57 bits per heavy atom. The zero-order valence-corrected chi connectivity index (χ0v) is 12.5. The number of carbonyl (C=O) groups excluding carboxylic acids is 1. The molecule has 3 N–H and O–H groups in total. The molecule has 5 nitrogen and oxygen atoms in total. The maximum absolute atomic E-state index is 11.8. The number of benzene rings is 1. The first-order valence-electron chi connectivity index (χ1n) is 7.51. The van der Waals surface area contributed by atoms with Crippen molar-refractivity contribution in [1.82, 2.24) is 10.6 Å². The van der Waals surface area contributed by atoms with Gasteiger partial charge in [-0.25, -0.2) is 4.79 Å². The highest BCUT2D eigenvalue weighted by Gasteiger charge is 2.29. The molecule has 1 aliphatic heterocycles. The first kappa shape index (κ1) is 15.8. The second-order valence-electron chi connectivity index (χ2n) is 5.50. The summed E-state index contributed by atoms with van der Waals surface area (Å²) >= 11 is 0. The maximum atomic E-state index is 11.8. The smallest absolute Gasteiger partial charge is 0.315 e. The summed E-state index contributed by atoms with van der Waals surface area (Å²) in [5.74, 6) is 0. The lowest BCUT2D eigenvalue weighted by Crippen LogP contribution is -2.48. The quantitative estimate of drug-likeness (QED) is 0.772. The number of amides is 2. The molecule has 5 heteroatoms. The van der Waals surface area contributed by atoms with Crippen LogP contribution in [0.4, 0.5) is 4.79 Å². The van der Waals surface area contributed by atoms with Crippen molar-refractivity contribution in [3.8, 4) is 0 Å². The molecule has 2 amide bonds. The molecule has 1 aromatic carbocycles. The minimum atomic E-state index is -0.836. The van der Waals surface area contributed by atoms with E-state index in [1.54, 1.807) is 0 Å². The van der Waals surface area contributed by atoms with Gasteiger partial charge in [0.05, 0.1) is 5.60 Å². The molecule has 2 rings (SSSR count). The Balaban J connectivity index is 1.77. The van der Waals surface area contributed by atoms with Crippen LogP contribution in [0.3, 0.4) is 0 Å². The summed E-state index contributed by atoms with van der Waals surface area (Å²) in [6.45, 7) is 3.95. The molecule has 1 saturated heterocycles. The van der Waals surface area contributed by atoms with Gasteiger partial charge in [0.15, 0.2) is 0 Å². The molecule has 0 radical (unpaired) electrons. The zero-order valence-electron chi connectivity index (χ0n) is 12.5. The third kappa shape index (κ3) is 4.72. The van der Waals surface area contributed by atoms with E-state index in [9.17, 15) is 9.90 Å². The predicted molar refractivity (Wildman–Crippen MR) is 81.1 cm³/mol. The Morgan fingerprint density at radius 1 is 1.24 bits per heavy atom. The largest absolute Gasteiger partial charge is 0.388 e. The summed E-state index contributed by atoms with van der Waals surface area (Å²) < 4.78 is 5.21.